The largest absolute Gasteiger partial charge is 0.478 e. The van der Waals surface area contributed by atoms with Crippen LogP contribution in [-0.4, -0.2) is 17.9 Å². The van der Waals surface area contributed by atoms with Crippen LogP contribution >= 0.6 is 0 Å². The van der Waals surface area contributed by atoms with Gasteiger partial charge < -0.3 is 20.3 Å². The number of carboxylic acids is 1. The number of carboxylic acid groups (broad SMARTS) is 1. The third-order valence-corrected chi connectivity index (χ3v) is 5.00. The number of aryl methyl sites for hydroxylation is 1. The lowest BCUT2D eigenvalue weighted by molar-refractivity contribution is -0.0412. The summed E-state index contributed by atoms with van der Waals surface area (Å²) in [5, 5.41) is 9.48. The molecule has 1 atom stereocenters. The Morgan fingerprint density at radius 3 is 2.37 bits per heavy atom. The summed E-state index contributed by atoms with van der Waals surface area (Å²) >= 11 is 0. The smallest absolute Gasteiger partial charge is 0.336 e. The zero-order valence-electron chi connectivity index (χ0n) is 17.3. The first-order valence-corrected chi connectivity index (χ1v) is 10.0. The van der Waals surface area contributed by atoms with Gasteiger partial charge in [-0.05, 0) is 65.9 Å². The number of carbonyl (C=O) groups is 1. The molecular formula is C25H27NO4. The fourth-order valence-electron chi connectivity index (χ4n) is 3.45. The van der Waals surface area contributed by atoms with Crippen molar-refractivity contribution in [2.75, 3.05) is 12.5 Å². The van der Waals surface area contributed by atoms with Gasteiger partial charge >= 0.3 is 5.97 Å². The van der Waals surface area contributed by atoms with Crippen LogP contribution in [0.5, 0.6) is 5.75 Å². The van der Waals surface area contributed by atoms with Crippen molar-refractivity contribution in [2.45, 2.75) is 32.8 Å². The van der Waals surface area contributed by atoms with Gasteiger partial charge in [0.15, 0.2) is 6.79 Å². The molecule has 3 aromatic carbocycles. The number of aromatic carboxylic acids is 1. The Balaban J connectivity index is 1.66. The molecule has 5 heteroatoms. The maximum Gasteiger partial charge on any atom is 0.336 e. The Kier molecular flexibility index (Phi) is 7.09. The van der Waals surface area contributed by atoms with E-state index in [4.69, 9.17) is 15.2 Å². The van der Waals surface area contributed by atoms with Gasteiger partial charge in [-0.1, -0.05) is 49.7 Å². The zero-order chi connectivity index (χ0) is 21.5. The third-order valence-electron chi connectivity index (χ3n) is 5.00. The molecule has 5 nitrogen and oxygen atoms in total. The van der Waals surface area contributed by atoms with Gasteiger partial charge in [0.05, 0.1) is 11.7 Å². The van der Waals surface area contributed by atoms with Gasteiger partial charge in [0.1, 0.15) is 5.75 Å². The van der Waals surface area contributed by atoms with Crippen molar-refractivity contribution in [3.8, 4) is 16.9 Å². The monoisotopic (exact) mass is 405 g/mol. The Morgan fingerprint density at radius 1 is 1.03 bits per heavy atom. The molecule has 3 aromatic rings. The van der Waals surface area contributed by atoms with Gasteiger partial charge in [-0.3, -0.25) is 0 Å². The topological polar surface area (TPSA) is 81.8 Å². The molecule has 0 bridgehead atoms. The zero-order valence-corrected chi connectivity index (χ0v) is 17.3. The van der Waals surface area contributed by atoms with Crippen LogP contribution in [0.1, 0.15) is 47.4 Å². The maximum absolute atomic E-state index is 11.6. The number of nitrogens with two attached hydrogens (primary N) is 1. The molecule has 0 saturated carbocycles. The summed E-state index contributed by atoms with van der Waals surface area (Å²) in [5.74, 6) is -0.274. The lowest BCUT2D eigenvalue weighted by Crippen LogP contribution is -2.10. The molecule has 0 radical (unpaired) electrons. The highest BCUT2D eigenvalue weighted by Gasteiger charge is 2.14. The lowest BCUT2D eigenvalue weighted by Gasteiger charge is -2.18. The molecule has 0 spiro atoms. The lowest BCUT2D eigenvalue weighted by atomic mass is 9.95. The second kappa shape index (κ2) is 9.94. The molecule has 0 aromatic heterocycles. The van der Waals surface area contributed by atoms with Crippen molar-refractivity contribution in [1.82, 2.24) is 0 Å². The SMILES string of the molecule is CCCC(OCOc1ccc(-c2c(C)cccc2C(=O)O)cc1)c1ccc(N)cc1. The predicted molar refractivity (Wildman–Crippen MR) is 119 cm³/mol. The summed E-state index contributed by atoms with van der Waals surface area (Å²) in [6.07, 6.45) is 1.82. The minimum absolute atomic E-state index is 0.0556. The summed E-state index contributed by atoms with van der Waals surface area (Å²) < 4.78 is 11.7. The first kappa shape index (κ1) is 21.4. The van der Waals surface area contributed by atoms with Crippen molar-refractivity contribution in [1.29, 1.82) is 0 Å². The second-order valence-electron chi connectivity index (χ2n) is 7.20. The van der Waals surface area contributed by atoms with E-state index in [-0.39, 0.29) is 18.5 Å². The van der Waals surface area contributed by atoms with Crippen molar-refractivity contribution in [3.63, 3.8) is 0 Å². The maximum atomic E-state index is 11.6. The van der Waals surface area contributed by atoms with Crippen LogP contribution in [0.2, 0.25) is 0 Å². The van der Waals surface area contributed by atoms with Crippen molar-refractivity contribution in [2.24, 2.45) is 0 Å². The minimum Gasteiger partial charge on any atom is -0.478 e. The molecule has 30 heavy (non-hydrogen) atoms. The van der Waals surface area contributed by atoms with Crippen LogP contribution in [-0.2, 0) is 4.74 Å². The van der Waals surface area contributed by atoms with Gasteiger partial charge in [-0.25, -0.2) is 4.79 Å². The summed E-state index contributed by atoms with van der Waals surface area (Å²) in [7, 11) is 0. The van der Waals surface area contributed by atoms with Crippen molar-refractivity contribution < 1.29 is 19.4 Å². The summed E-state index contributed by atoms with van der Waals surface area (Å²) in [6.45, 7) is 4.15. The Labute approximate surface area is 177 Å². The number of nitrogen functional groups attached to an aromatic ring is 1. The van der Waals surface area contributed by atoms with Crippen LogP contribution in [0.4, 0.5) is 5.69 Å². The van der Waals surface area contributed by atoms with E-state index in [0.29, 0.717) is 5.75 Å². The Bertz CT molecular complexity index is 981. The number of anilines is 1. The minimum atomic E-state index is -0.938. The summed E-state index contributed by atoms with van der Waals surface area (Å²) in [5.41, 5.74) is 10.3. The Morgan fingerprint density at radius 2 is 1.73 bits per heavy atom. The van der Waals surface area contributed by atoms with Crippen LogP contribution in [0, 0.1) is 6.92 Å². The molecule has 0 aliphatic heterocycles. The third kappa shape index (κ3) is 5.19. The van der Waals surface area contributed by atoms with E-state index < -0.39 is 5.97 Å². The van der Waals surface area contributed by atoms with E-state index in [1.165, 1.54) is 0 Å². The first-order valence-electron chi connectivity index (χ1n) is 10.0. The molecule has 0 amide bonds. The van der Waals surface area contributed by atoms with E-state index in [9.17, 15) is 9.90 Å². The Hall–Kier alpha value is -3.31. The van der Waals surface area contributed by atoms with E-state index in [0.717, 1.165) is 40.8 Å². The highest BCUT2D eigenvalue weighted by molar-refractivity contribution is 5.97. The molecule has 1 unspecified atom stereocenters. The fourth-order valence-corrected chi connectivity index (χ4v) is 3.45. The van der Waals surface area contributed by atoms with Gasteiger partial charge in [-0.2, -0.15) is 0 Å². The van der Waals surface area contributed by atoms with Gasteiger partial charge in [-0.15, -0.1) is 0 Å². The van der Waals surface area contributed by atoms with E-state index in [1.807, 2.05) is 61.5 Å². The van der Waals surface area contributed by atoms with Gasteiger partial charge in [0.25, 0.3) is 0 Å². The molecule has 156 valence electrons. The highest BCUT2D eigenvalue weighted by atomic mass is 16.7. The molecule has 0 aliphatic carbocycles. The summed E-state index contributed by atoms with van der Waals surface area (Å²) in [6, 6.07) is 20.4. The molecule has 0 saturated heterocycles. The van der Waals surface area contributed by atoms with E-state index in [1.54, 1.807) is 12.1 Å². The molecule has 3 rings (SSSR count). The predicted octanol–water partition coefficient (Wildman–Crippen LogP) is 5.84. The van der Waals surface area contributed by atoms with Crippen LogP contribution in [0.15, 0.2) is 66.7 Å². The number of hydrogen-bond acceptors (Lipinski definition) is 4. The standard InChI is InChI=1S/C25H27NO4/c1-3-5-23(18-8-12-20(26)13-9-18)30-16-29-21-14-10-19(11-15-21)24-17(2)6-4-7-22(24)25(27)28/h4,6-15,23H,3,5,16,26H2,1-2H3,(H,27,28). The average Bonchev–Trinajstić information content (AvgIpc) is 2.74. The first-order chi connectivity index (χ1) is 14.5. The molecular weight excluding hydrogens is 378 g/mol. The van der Waals surface area contributed by atoms with Gasteiger partial charge in [0.2, 0.25) is 0 Å². The van der Waals surface area contributed by atoms with Crippen molar-refractivity contribution in [3.05, 3.63) is 83.4 Å². The number of hydrogen-bond donors (Lipinski definition) is 2. The number of rotatable bonds is 9. The van der Waals surface area contributed by atoms with Crippen molar-refractivity contribution >= 4 is 11.7 Å². The molecule has 3 N–H and O–H groups in total. The van der Waals surface area contributed by atoms with Crippen LogP contribution < -0.4 is 10.5 Å². The number of benzene rings is 3. The number of ether oxygens (including phenoxy) is 2. The second-order valence-corrected chi connectivity index (χ2v) is 7.20. The average molecular weight is 405 g/mol. The molecule has 0 fully saturated rings. The normalized spacial score (nSPS) is 11.8. The molecule has 0 aliphatic rings. The fraction of sp³-hybridized carbons (Fsp3) is 0.240. The van der Waals surface area contributed by atoms with E-state index in [2.05, 4.69) is 6.92 Å². The van der Waals surface area contributed by atoms with Crippen LogP contribution in [0.3, 0.4) is 0 Å². The van der Waals surface area contributed by atoms with E-state index >= 15 is 0 Å². The van der Waals surface area contributed by atoms with Crippen LogP contribution in [0.25, 0.3) is 11.1 Å². The van der Waals surface area contributed by atoms with Gasteiger partial charge in [0, 0.05) is 5.69 Å². The highest BCUT2D eigenvalue weighted by Crippen LogP contribution is 2.29. The quantitative estimate of drug-likeness (QED) is 0.345. The molecule has 0 heterocycles. The summed E-state index contributed by atoms with van der Waals surface area (Å²) in [4.78, 5) is 11.6.